The van der Waals surface area contributed by atoms with Gasteiger partial charge in [-0.1, -0.05) is 253 Å². The van der Waals surface area contributed by atoms with Gasteiger partial charge in [0.05, 0.1) is 0 Å². The van der Waals surface area contributed by atoms with Crippen LogP contribution in [0.5, 0.6) is 0 Å². The van der Waals surface area contributed by atoms with Crippen LogP contribution in [0.4, 0.5) is 0 Å². The third kappa shape index (κ3) is 59.2. The molecule has 6 nitrogen and oxygen atoms in total. The quantitative estimate of drug-likeness (QED) is 0.0261. The SMILES string of the molecule is CC/C=C\C/C=C\C/C=C\C/C=C\CCCCCCCCC(=O)OC(COC(=O)CCCCCCC/C=C\CCCCCCCCC)COC(=O)CCCCCCCC/C=C\C/C=C\C/C=C\CCCCCCC. The van der Waals surface area contributed by atoms with E-state index in [1.54, 1.807) is 0 Å². The molecule has 0 aliphatic carbocycles. The summed E-state index contributed by atoms with van der Waals surface area (Å²) in [4.78, 5) is 38.3. The zero-order valence-corrected chi connectivity index (χ0v) is 48.6. The van der Waals surface area contributed by atoms with E-state index >= 15 is 0 Å². The van der Waals surface area contributed by atoms with Gasteiger partial charge in [0, 0.05) is 19.3 Å². The average Bonchev–Trinajstić information content (AvgIpc) is 3.40. The third-order valence-corrected chi connectivity index (χ3v) is 13.3. The zero-order chi connectivity index (χ0) is 53.6. The minimum Gasteiger partial charge on any atom is -0.462 e. The van der Waals surface area contributed by atoms with Gasteiger partial charge < -0.3 is 14.2 Å². The molecule has 0 bridgehead atoms. The Morgan fingerprint density at radius 1 is 0.284 bits per heavy atom. The highest BCUT2D eigenvalue weighted by molar-refractivity contribution is 5.71. The summed E-state index contributed by atoms with van der Waals surface area (Å²) in [5.74, 6) is -0.919. The van der Waals surface area contributed by atoms with Gasteiger partial charge in [0.1, 0.15) is 13.2 Å². The molecule has 6 heteroatoms. The molecule has 424 valence electrons. The lowest BCUT2D eigenvalue weighted by atomic mass is 10.1. The number of rotatable bonds is 56. The molecular formula is C68H116O6. The summed E-state index contributed by atoms with van der Waals surface area (Å²) in [5, 5.41) is 0. The molecule has 0 heterocycles. The van der Waals surface area contributed by atoms with Gasteiger partial charge in [-0.25, -0.2) is 0 Å². The van der Waals surface area contributed by atoms with Crippen molar-refractivity contribution in [3.8, 4) is 0 Å². The predicted molar refractivity (Wildman–Crippen MR) is 320 cm³/mol. The molecule has 0 rings (SSSR count). The van der Waals surface area contributed by atoms with Gasteiger partial charge >= 0.3 is 17.9 Å². The molecule has 74 heavy (non-hydrogen) atoms. The first-order valence-electron chi connectivity index (χ1n) is 31.2. The Morgan fingerprint density at radius 2 is 0.527 bits per heavy atom. The third-order valence-electron chi connectivity index (χ3n) is 13.3. The zero-order valence-electron chi connectivity index (χ0n) is 48.6. The molecule has 1 atom stereocenters. The number of carbonyl (C=O) groups excluding carboxylic acids is 3. The van der Waals surface area contributed by atoms with E-state index in [4.69, 9.17) is 14.2 Å². The van der Waals surface area contributed by atoms with Crippen LogP contribution in [-0.2, 0) is 28.6 Å². The van der Waals surface area contributed by atoms with Crippen LogP contribution in [0.2, 0.25) is 0 Å². The highest BCUT2D eigenvalue weighted by Gasteiger charge is 2.19. The van der Waals surface area contributed by atoms with E-state index in [0.29, 0.717) is 19.3 Å². The molecule has 0 spiro atoms. The number of unbranched alkanes of at least 4 members (excludes halogenated alkanes) is 29. The number of carbonyl (C=O) groups is 3. The Labute approximate surface area is 457 Å². The summed E-state index contributed by atoms with van der Waals surface area (Å²) in [6, 6.07) is 0. The highest BCUT2D eigenvalue weighted by atomic mass is 16.6. The molecule has 0 aliphatic heterocycles. The van der Waals surface area contributed by atoms with Gasteiger partial charge in [0.2, 0.25) is 0 Å². The van der Waals surface area contributed by atoms with E-state index in [1.807, 2.05) is 0 Å². The van der Waals surface area contributed by atoms with Crippen molar-refractivity contribution < 1.29 is 28.6 Å². The molecule has 1 unspecified atom stereocenters. The van der Waals surface area contributed by atoms with Gasteiger partial charge in [-0.3, -0.25) is 14.4 Å². The minimum absolute atomic E-state index is 0.0921. The topological polar surface area (TPSA) is 78.9 Å². The van der Waals surface area contributed by atoms with Crippen LogP contribution in [0.3, 0.4) is 0 Å². The largest absolute Gasteiger partial charge is 0.462 e. The van der Waals surface area contributed by atoms with E-state index in [1.165, 1.54) is 135 Å². The first kappa shape index (κ1) is 70.3. The molecule has 0 fully saturated rings. The van der Waals surface area contributed by atoms with Gasteiger partial charge in [-0.05, 0) is 122 Å². The fourth-order valence-corrected chi connectivity index (χ4v) is 8.61. The summed E-state index contributed by atoms with van der Waals surface area (Å²) in [5.41, 5.74) is 0. The maximum absolute atomic E-state index is 12.9. The van der Waals surface area contributed by atoms with Crippen LogP contribution in [0.25, 0.3) is 0 Å². The van der Waals surface area contributed by atoms with Crippen molar-refractivity contribution >= 4 is 17.9 Å². The van der Waals surface area contributed by atoms with Gasteiger partial charge in [0.15, 0.2) is 6.10 Å². The van der Waals surface area contributed by atoms with Gasteiger partial charge in [-0.2, -0.15) is 0 Å². The molecule has 0 aromatic carbocycles. The van der Waals surface area contributed by atoms with E-state index < -0.39 is 6.10 Å². The summed E-state index contributed by atoms with van der Waals surface area (Å²) >= 11 is 0. The molecule has 0 aliphatic rings. The van der Waals surface area contributed by atoms with Crippen molar-refractivity contribution in [3.63, 3.8) is 0 Å². The number of hydrogen-bond acceptors (Lipinski definition) is 6. The average molecular weight is 1030 g/mol. The van der Waals surface area contributed by atoms with E-state index in [9.17, 15) is 14.4 Å². The predicted octanol–water partition coefficient (Wildman–Crippen LogP) is 21.3. The van der Waals surface area contributed by atoms with Crippen molar-refractivity contribution in [2.24, 2.45) is 0 Å². The molecule has 0 radical (unpaired) electrons. The van der Waals surface area contributed by atoms with Crippen LogP contribution >= 0.6 is 0 Å². The fraction of sp³-hybridized carbons (Fsp3) is 0.721. The van der Waals surface area contributed by atoms with Crippen molar-refractivity contribution in [1.82, 2.24) is 0 Å². The maximum Gasteiger partial charge on any atom is 0.306 e. The fourth-order valence-electron chi connectivity index (χ4n) is 8.61. The number of ether oxygens (including phenoxy) is 3. The lowest BCUT2D eigenvalue weighted by Gasteiger charge is -2.18. The first-order valence-corrected chi connectivity index (χ1v) is 31.2. The van der Waals surface area contributed by atoms with Crippen LogP contribution in [-0.4, -0.2) is 37.2 Å². The Hall–Kier alpha value is -3.67. The van der Waals surface area contributed by atoms with Gasteiger partial charge in [-0.15, -0.1) is 0 Å². The molecular weight excluding hydrogens is 913 g/mol. The highest BCUT2D eigenvalue weighted by Crippen LogP contribution is 2.15. The Bertz CT molecular complexity index is 1460. The number of hydrogen-bond donors (Lipinski definition) is 0. The minimum atomic E-state index is -0.797. The molecule has 0 aromatic rings. The second-order valence-electron chi connectivity index (χ2n) is 20.6. The Balaban J connectivity index is 4.45. The first-order chi connectivity index (χ1) is 36.5. The Morgan fingerprint density at radius 3 is 0.838 bits per heavy atom. The number of esters is 3. The normalized spacial score (nSPS) is 12.7. The van der Waals surface area contributed by atoms with Gasteiger partial charge in [0.25, 0.3) is 0 Å². The van der Waals surface area contributed by atoms with E-state index in [-0.39, 0.29) is 31.1 Å². The summed E-state index contributed by atoms with van der Waals surface area (Å²) in [7, 11) is 0. The van der Waals surface area contributed by atoms with Crippen molar-refractivity contribution in [3.05, 3.63) is 97.2 Å². The van der Waals surface area contributed by atoms with Crippen molar-refractivity contribution in [2.45, 2.75) is 303 Å². The Kier molecular flexibility index (Phi) is 58.8. The summed E-state index contributed by atoms with van der Waals surface area (Å²) < 4.78 is 16.9. The van der Waals surface area contributed by atoms with E-state index in [2.05, 4.69) is 118 Å². The van der Waals surface area contributed by atoms with Crippen LogP contribution in [0.15, 0.2) is 97.2 Å². The van der Waals surface area contributed by atoms with E-state index in [0.717, 1.165) is 122 Å². The lowest BCUT2D eigenvalue weighted by Crippen LogP contribution is -2.30. The monoisotopic (exact) mass is 1030 g/mol. The molecule has 0 aromatic heterocycles. The van der Waals surface area contributed by atoms with Crippen molar-refractivity contribution in [1.29, 1.82) is 0 Å². The molecule has 0 saturated carbocycles. The van der Waals surface area contributed by atoms with Crippen LogP contribution in [0.1, 0.15) is 297 Å². The standard InChI is InChI=1S/C68H116O6/c1-4-7-10-13-16-19-22-25-28-31-33-34-36-37-40-43-46-49-52-55-58-61-67(70)73-64-65(63-72-66(69)60-57-54-51-48-45-42-39-30-27-24-21-18-15-12-9-6-3)74-68(71)62-59-56-53-50-47-44-41-38-35-32-29-26-23-20-17-14-11-8-5-2/h8,11,17,20,22,25-26,29-31,33,35-39,65H,4-7,9-10,12-16,18-19,21,23-24,27-28,32,34,40-64H2,1-3H3/b11-8-,20-17-,25-22-,29-26-,33-31-,37-36-,38-35-,39-30-. The summed E-state index contributed by atoms with van der Waals surface area (Å²) in [6.45, 7) is 6.50. The van der Waals surface area contributed by atoms with Crippen molar-refractivity contribution in [2.75, 3.05) is 13.2 Å². The smallest absolute Gasteiger partial charge is 0.306 e. The molecule has 0 saturated heterocycles. The second-order valence-corrected chi connectivity index (χ2v) is 20.6. The molecule has 0 N–H and O–H groups in total. The lowest BCUT2D eigenvalue weighted by molar-refractivity contribution is -0.167. The maximum atomic E-state index is 12.9. The second kappa shape index (κ2) is 61.9. The number of allylic oxidation sites excluding steroid dienone is 16. The molecule has 0 amide bonds. The van der Waals surface area contributed by atoms with Crippen LogP contribution in [0, 0.1) is 0 Å². The van der Waals surface area contributed by atoms with Crippen LogP contribution < -0.4 is 0 Å². The summed E-state index contributed by atoms with van der Waals surface area (Å²) in [6.07, 6.45) is 82.5.